The molecule has 0 atom stereocenters. The van der Waals surface area contributed by atoms with Crippen LogP contribution in [0.15, 0.2) is 51.8 Å². The Morgan fingerprint density at radius 2 is 1.84 bits per heavy atom. The normalized spacial score (nSPS) is 11.5. The minimum Gasteiger partial charge on any atom is -0.398 e. The highest BCUT2D eigenvalue weighted by molar-refractivity contribution is 9.10. The molecule has 19 heavy (non-hydrogen) atoms. The van der Waals surface area contributed by atoms with Gasteiger partial charge in [0, 0.05) is 10.0 Å². The minimum absolute atomic E-state index is 0.0226. The number of halogens is 2. The van der Waals surface area contributed by atoms with Crippen LogP contribution in [0.5, 0.6) is 0 Å². The lowest BCUT2D eigenvalue weighted by atomic mass is 10.2. The lowest BCUT2D eigenvalue weighted by Gasteiger charge is -2.08. The smallest absolute Gasteiger partial charge is 0.184 e. The molecule has 0 aliphatic carbocycles. The second-order valence-electron chi connectivity index (χ2n) is 4.03. The van der Waals surface area contributed by atoms with E-state index in [1.54, 1.807) is 12.1 Å². The summed E-state index contributed by atoms with van der Waals surface area (Å²) >= 11 is 3.19. The van der Waals surface area contributed by atoms with E-state index in [1.807, 2.05) is 0 Å². The van der Waals surface area contributed by atoms with Gasteiger partial charge in [-0.25, -0.2) is 12.8 Å². The summed E-state index contributed by atoms with van der Waals surface area (Å²) in [6.07, 6.45) is 0. The molecule has 2 aromatic rings. The van der Waals surface area contributed by atoms with Gasteiger partial charge in [-0.15, -0.1) is 0 Å². The third-order valence-corrected chi connectivity index (χ3v) is 4.83. The van der Waals surface area contributed by atoms with Crippen LogP contribution in [0, 0.1) is 5.82 Å². The van der Waals surface area contributed by atoms with Crippen molar-refractivity contribution in [2.75, 3.05) is 5.73 Å². The Labute approximate surface area is 119 Å². The molecule has 0 amide bonds. The molecule has 6 heteroatoms. The largest absolute Gasteiger partial charge is 0.398 e. The second kappa shape index (κ2) is 5.30. The van der Waals surface area contributed by atoms with Gasteiger partial charge in [-0.2, -0.15) is 0 Å². The number of rotatable bonds is 3. The van der Waals surface area contributed by atoms with E-state index >= 15 is 0 Å². The van der Waals surface area contributed by atoms with E-state index in [4.69, 9.17) is 5.73 Å². The standard InChI is InChI=1S/C13H11BrFNO2S/c14-10-5-6-11(15)9(7-10)8-19(17,18)13-4-2-1-3-12(13)16/h1-7H,8,16H2. The molecule has 3 nitrogen and oxygen atoms in total. The molecule has 0 bridgehead atoms. The zero-order valence-electron chi connectivity index (χ0n) is 9.81. The summed E-state index contributed by atoms with van der Waals surface area (Å²) in [5, 5.41) is 0. The molecule has 100 valence electrons. The van der Waals surface area contributed by atoms with E-state index in [0.717, 1.165) is 0 Å². The van der Waals surface area contributed by atoms with Crippen molar-refractivity contribution < 1.29 is 12.8 Å². The van der Waals surface area contributed by atoms with E-state index in [2.05, 4.69) is 15.9 Å². The summed E-state index contributed by atoms with van der Waals surface area (Å²) in [4.78, 5) is 0.0226. The maximum Gasteiger partial charge on any atom is 0.184 e. The Hall–Kier alpha value is -1.40. The van der Waals surface area contributed by atoms with E-state index in [1.165, 1.54) is 30.3 Å². The van der Waals surface area contributed by atoms with Gasteiger partial charge in [-0.1, -0.05) is 28.1 Å². The maximum atomic E-state index is 13.6. The zero-order valence-corrected chi connectivity index (χ0v) is 12.2. The Balaban J connectivity index is 2.43. The number of hydrogen-bond donors (Lipinski definition) is 1. The SMILES string of the molecule is Nc1ccccc1S(=O)(=O)Cc1cc(Br)ccc1F. The van der Waals surface area contributed by atoms with Crippen molar-refractivity contribution in [1.82, 2.24) is 0 Å². The summed E-state index contributed by atoms with van der Waals surface area (Å²) in [7, 11) is -3.67. The molecule has 2 N–H and O–H groups in total. The van der Waals surface area contributed by atoms with E-state index < -0.39 is 21.4 Å². The number of nitrogens with two attached hydrogens (primary N) is 1. The lowest BCUT2D eigenvalue weighted by molar-refractivity contribution is 0.587. The van der Waals surface area contributed by atoms with Gasteiger partial charge in [0.05, 0.1) is 16.3 Å². The van der Waals surface area contributed by atoms with Crippen molar-refractivity contribution in [1.29, 1.82) is 0 Å². The summed E-state index contributed by atoms with van der Waals surface area (Å²) in [6, 6.07) is 10.3. The van der Waals surface area contributed by atoms with E-state index in [9.17, 15) is 12.8 Å². The minimum atomic E-state index is -3.67. The number of nitrogen functional groups attached to an aromatic ring is 1. The Bertz CT molecular complexity index is 716. The predicted octanol–water partition coefficient (Wildman–Crippen LogP) is 3.14. The molecule has 0 radical (unpaired) electrons. The summed E-state index contributed by atoms with van der Waals surface area (Å²) < 4.78 is 38.7. The van der Waals surface area contributed by atoms with Crippen molar-refractivity contribution >= 4 is 31.5 Å². The highest BCUT2D eigenvalue weighted by Gasteiger charge is 2.20. The second-order valence-corrected chi connectivity index (χ2v) is 6.91. The molecule has 0 spiro atoms. The highest BCUT2D eigenvalue weighted by Crippen LogP contribution is 2.24. The summed E-state index contributed by atoms with van der Waals surface area (Å²) in [6.45, 7) is 0. The van der Waals surface area contributed by atoms with Crippen LogP contribution < -0.4 is 5.73 Å². The molecule has 2 aromatic carbocycles. The first-order valence-corrected chi connectivity index (χ1v) is 7.86. The van der Waals surface area contributed by atoms with Crippen LogP contribution in [-0.2, 0) is 15.6 Å². The van der Waals surface area contributed by atoms with Gasteiger partial charge in [0.15, 0.2) is 9.84 Å². The molecule has 0 heterocycles. The third-order valence-electron chi connectivity index (χ3n) is 2.61. The molecule has 2 rings (SSSR count). The number of para-hydroxylation sites is 1. The number of sulfone groups is 1. The topological polar surface area (TPSA) is 60.2 Å². The predicted molar refractivity (Wildman–Crippen MR) is 75.8 cm³/mol. The van der Waals surface area contributed by atoms with Crippen LogP contribution in [-0.4, -0.2) is 8.42 Å². The average molecular weight is 344 g/mol. The van der Waals surface area contributed by atoms with Crippen LogP contribution in [0.2, 0.25) is 0 Å². The fourth-order valence-electron chi connectivity index (χ4n) is 1.70. The van der Waals surface area contributed by atoms with Crippen LogP contribution in [0.4, 0.5) is 10.1 Å². The van der Waals surface area contributed by atoms with Gasteiger partial charge < -0.3 is 5.73 Å². The average Bonchev–Trinajstić information content (AvgIpc) is 2.34. The van der Waals surface area contributed by atoms with Crippen molar-refractivity contribution in [3.63, 3.8) is 0 Å². The highest BCUT2D eigenvalue weighted by atomic mass is 79.9. The Kier molecular flexibility index (Phi) is 3.91. The number of benzene rings is 2. The molecule has 0 aliphatic heterocycles. The number of anilines is 1. The summed E-state index contributed by atoms with van der Waals surface area (Å²) in [5.41, 5.74) is 5.92. The van der Waals surface area contributed by atoms with Gasteiger partial charge in [0.2, 0.25) is 0 Å². The van der Waals surface area contributed by atoms with Gasteiger partial charge >= 0.3 is 0 Å². The molecule has 0 saturated carbocycles. The molecule has 0 saturated heterocycles. The third kappa shape index (κ3) is 3.13. The van der Waals surface area contributed by atoms with Gasteiger partial charge in [-0.05, 0) is 30.3 Å². The Morgan fingerprint density at radius 1 is 1.16 bits per heavy atom. The first-order valence-electron chi connectivity index (χ1n) is 5.41. The molecule has 0 aromatic heterocycles. The quantitative estimate of drug-likeness (QED) is 0.871. The van der Waals surface area contributed by atoms with Crippen LogP contribution in [0.3, 0.4) is 0 Å². The fourth-order valence-corrected chi connectivity index (χ4v) is 3.61. The van der Waals surface area contributed by atoms with Gasteiger partial charge in [-0.3, -0.25) is 0 Å². The van der Waals surface area contributed by atoms with Crippen LogP contribution in [0.25, 0.3) is 0 Å². The van der Waals surface area contributed by atoms with Crippen LogP contribution >= 0.6 is 15.9 Å². The van der Waals surface area contributed by atoms with Crippen molar-refractivity contribution in [2.24, 2.45) is 0 Å². The van der Waals surface area contributed by atoms with Crippen LogP contribution in [0.1, 0.15) is 5.56 Å². The number of hydrogen-bond acceptors (Lipinski definition) is 3. The molecule has 0 aliphatic rings. The first-order chi connectivity index (χ1) is 8.90. The molecular weight excluding hydrogens is 333 g/mol. The molecule has 0 fully saturated rings. The van der Waals surface area contributed by atoms with E-state index in [0.29, 0.717) is 4.47 Å². The fraction of sp³-hybridized carbons (Fsp3) is 0.0769. The molecule has 0 unspecified atom stereocenters. The van der Waals surface area contributed by atoms with Crippen molar-refractivity contribution in [3.05, 3.63) is 58.3 Å². The van der Waals surface area contributed by atoms with Crippen molar-refractivity contribution in [2.45, 2.75) is 10.6 Å². The zero-order chi connectivity index (χ0) is 14.0. The Morgan fingerprint density at radius 3 is 2.53 bits per heavy atom. The molecular formula is C13H11BrFNO2S. The first kappa shape index (κ1) is 14.0. The lowest BCUT2D eigenvalue weighted by Crippen LogP contribution is -2.09. The monoisotopic (exact) mass is 343 g/mol. The van der Waals surface area contributed by atoms with Crippen molar-refractivity contribution in [3.8, 4) is 0 Å². The van der Waals surface area contributed by atoms with E-state index in [-0.39, 0.29) is 16.1 Å². The van der Waals surface area contributed by atoms with Gasteiger partial charge in [0.25, 0.3) is 0 Å². The van der Waals surface area contributed by atoms with Gasteiger partial charge in [0.1, 0.15) is 5.82 Å². The maximum absolute atomic E-state index is 13.6. The summed E-state index contributed by atoms with van der Waals surface area (Å²) in [5.74, 6) is -0.978.